The highest BCUT2D eigenvalue weighted by Gasteiger charge is 2.07. The minimum absolute atomic E-state index is 0.0947. The summed E-state index contributed by atoms with van der Waals surface area (Å²) in [6.07, 6.45) is -0.643. The van der Waals surface area contributed by atoms with Crippen LogP contribution >= 0.6 is 15.9 Å². The first-order valence-electron chi connectivity index (χ1n) is 3.65. The Morgan fingerprint density at radius 1 is 1.62 bits per heavy atom. The number of nitriles is 1. The van der Waals surface area contributed by atoms with Crippen LogP contribution in [-0.2, 0) is 0 Å². The Hall–Kier alpha value is -1.08. The Balaban J connectivity index is 2.85. The second-order valence-electron chi connectivity index (χ2n) is 2.46. The molecular weight excluding hydrogens is 237 g/mol. The Bertz CT molecular complexity index is 348. The van der Waals surface area contributed by atoms with Gasteiger partial charge in [0, 0.05) is 4.47 Å². The first-order valence-corrected chi connectivity index (χ1v) is 4.44. The summed E-state index contributed by atoms with van der Waals surface area (Å²) in [6.45, 7) is 1.56. The van der Waals surface area contributed by atoms with Crippen molar-refractivity contribution >= 4 is 15.9 Å². The van der Waals surface area contributed by atoms with Crippen LogP contribution in [0.15, 0.2) is 22.7 Å². The van der Waals surface area contributed by atoms with Crippen LogP contribution in [0.25, 0.3) is 0 Å². The van der Waals surface area contributed by atoms with Crippen LogP contribution in [0.2, 0.25) is 0 Å². The smallest absolute Gasteiger partial charge is 0.181 e. The number of rotatable bonds is 2. The predicted molar refractivity (Wildman–Crippen MR) is 49.8 cm³/mol. The molecule has 4 heteroatoms. The largest absolute Gasteiger partial charge is 0.473 e. The zero-order valence-electron chi connectivity index (χ0n) is 6.92. The maximum absolute atomic E-state index is 13.1. The van der Waals surface area contributed by atoms with E-state index in [4.69, 9.17) is 10.00 Å². The fourth-order valence-corrected chi connectivity index (χ4v) is 1.12. The SMILES string of the molecule is CC(C#N)Oc1ccc(Br)cc1F. The molecule has 0 amide bonds. The van der Waals surface area contributed by atoms with Gasteiger partial charge in [0.05, 0.1) is 0 Å². The quantitative estimate of drug-likeness (QED) is 0.801. The number of hydrogen-bond acceptors (Lipinski definition) is 2. The molecular formula is C9H7BrFNO. The lowest BCUT2D eigenvalue weighted by Gasteiger charge is -2.08. The van der Waals surface area contributed by atoms with Gasteiger partial charge in [-0.25, -0.2) is 4.39 Å². The van der Waals surface area contributed by atoms with Crippen molar-refractivity contribution in [3.05, 3.63) is 28.5 Å². The number of ether oxygens (including phenoxy) is 1. The fourth-order valence-electron chi connectivity index (χ4n) is 0.788. The van der Waals surface area contributed by atoms with E-state index in [0.717, 1.165) is 0 Å². The van der Waals surface area contributed by atoms with Gasteiger partial charge in [-0.3, -0.25) is 0 Å². The van der Waals surface area contributed by atoms with Gasteiger partial charge >= 0.3 is 0 Å². The topological polar surface area (TPSA) is 33.0 Å². The molecule has 0 bridgehead atoms. The summed E-state index contributed by atoms with van der Waals surface area (Å²) in [6, 6.07) is 6.28. The highest BCUT2D eigenvalue weighted by Crippen LogP contribution is 2.22. The van der Waals surface area contributed by atoms with Crippen molar-refractivity contribution in [1.29, 1.82) is 5.26 Å². The molecule has 0 spiro atoms. The molecule has 0 aliphatic rings. The molecule has 0 N–H and O–H groups in total. The Morgan fingerprint density at radius 2 is 2.31 bits per heavy atom. The summed E-state index contributed by atoms with van der Waals surface area (Å²) in [5.41, 5.74) is 0. The van der Waals surface area contributed by atoms with E-state index in [1.807, 2.05) is 6.07 Å². The van der Waals surface area contributed by atoms with Crippen molar-refractivity contribution in [1.82, 2.24) is 0 Å². The van der Waals surface area contributed by atoms with Gasteiger partial charge < -0.3 is 4.74 Å². The van der Waals surface area contributed by atoms with Crippen LogP contribution in [0.5, 0.6) is 5.75 Å². The molecule has 1 rings (SSSR count). The van der Waals surface area contributed by atoms with Gasteiger partial charge in [-0.05, 0) is 25.1 Å². The van der Waals surface area contributed by atoms with Crippen LogP contribution in [-0.4, -0.2) is 6.10 Å². The third-order valence-electron chi connectivity index (χ3n) is 1.38. The lowest BCUT2D eigenvalue weighted by molar-refractivity contribution is 0.263. The predicted octanol–water partition coefficient (Wildman–Crippen LogP) is 2.88. The van der Waals surface area contributed by atoms with Crippen molar-refractivity contribution in [2.75, 3.05) is 0 Å². The third-order valence-corrected chi connectivity index (χ3v) is 1.87. The standard InChI is InChI=1S/C9H7BrFNO/c1-6(5-12)13-9-3-2-7(10)4-8(9)11/h2-4,6H,1H3. The molecule has 1 unspecified atom stereocenters. The highest BCUT2D eigenvalue weighted by atomic mass is 79.9. The molecule has 1 aromatic carbocycles. The van der Waals surface area contributed by atoms with Crippen molar-refractivity contribution < 1.29 is 9.13 Å². The summed E-state index contributed by atoms with van der Waals surface area (Å²) < 4.78 is 18.7. The van der Waals surface area contributed by atoms with Crippen molar-refractivity contribution in [2.45, 2.75) is 13.0 Å². The van der Waals surface area contributed by atoms with Crippen molar-refractivity contribution in [3.8, 4) is 11.8 Å². The molecule has 0 saturated carbocycles. The first kappa shape index (κ1) is 10.0. The summed E-state index contributed by atoms with van der Waals surface area (Å²) in [5.74, 6) is -0.381. The minimum atomic E-state index is -0.643. The Morgan fingerprint density at radius 3 is 2.85 bits per heavy atom. The van der Waals surface area contributed by atoms with E-state index in [-0.39, 0.29) is 5.75 Å². The molecule has 0 fully saturated rings. The molecule has 2 nitrogen and oxygen atoms in total. The van der Waals surface area contributed by atoms with Crippen LogP contribution in [0.4, 0.5) is 4.39 Å². The molecule has 68 valence electrons. The number of halogens is 2. The van der Waals surface area contributed by atoms with E-state index < -0.39 is 11.9 Å². The summed E-state index contributed by atoms with van der Waals surface area (Å²) in [7, 11) is 0. The van der Waals surface area contributed by atoms with Crippen LogP contribution in [0, 0.1) is 17.1 Å². The van der Waals surface area contributed by atoms with Crippen LogP contribution in [0.3, 0.4) is 0 Å². The third kappa shape index (κ3) is 2.71. The zero-order valence-corrected chi connectivity index (χ0v) is 8.51. The molecule has 0 aliphatic carbocycles. The minimum Gasteiger partial charge on any atom is -0.473 e. The monoisotopic (exact) mass is 243 g/mol. The van der Waals surface area contributed by atoms with E-state index >= 15 is 0 Å². The summed E-state index contributed by atoms with van der Waals surface area (Å²) in [5, 5.41) is 8.43. The molecule has 1 atom stereocenters. The number of hydrogen-bond donors (Lipinski definition) is 0. The summed E-state index contributed by atoms with van der Waals surface area (Å²) in [4.78, 5) is 0. The van der Waals surface area contributed by atoms with Gasteiger partial charge in [-0.1, -0.05) is 15.9 Å². The maximum atomic E-state index is 13.1. The summed E-state index contributed by atoms with van der Waals surface area (Å²) >= 11 is 3.12. The van der Waals surface area contributed by atoms with Crippen LogP contribution < -0.4 is 4.74 Å². The molecule has 0 aromatic heterocycles. The van der Waals surface area contributed by atoms with Crippen molar-refractivity contribution in [2.24, 2.45) is 0 Å². The molecule has 0 radical (unpaired) electrons. The fraction of sp³-hybridized carbons (Fsp3) is 0.222. The van der Waals surface area contributed by atoms with E-state index in [0.29, 0.717) is 4.47 Å². The molecule has 0 saturated heterocycles. The second-order valence-corrected chi connectivity index (χ2v) is 3.38. The molecule has 0 heterocycles. The van der Waals surface area contributed by atoms with Gasteiger partial charge in [0.25, 0.3) is 0 Å². The normalized spacial score (nSPS) is 11.8. The lowest BCUT2D eigenvalue weighted by Crippen LogP contribution is -2.09. The van der Waals surface area contributed by atoms with Gasteiger partial charge in [0.2, 0.25) is 0 Å². The molecule has 1 aromatic rings. The highest BCUT2D eigenvalue weighted by molar-refractivity contribution is 9.10. The van der Waals surface area contributed by atoms with Crippen molar-refractivity contribution in [3.63, 3.8) is 0 Å². The van der Waals surface area contributed by atoms with E-state index in [1.54, 1.807) is 13.0 Å². The average molecular weight is 244 g/mol. The lowest BCUT2D eigenvalue weighted by atomic mass is 10.3. The van der Waals surface area contributed by atoms with Crippen LogP contribution in [0.1, 0.15) is 6.92 Å². The van der Waals surface area contributed by atoms with E-state index in [1.165, 1.54) is 12.1 Å². The maximum Gasteiger partial charge on any atom is 0.181 e. The molecule has 0 aliphatic heterocycles. The Labute approximate surface area is 84.1 Å². The number of benzene rings is 1. The first-order chi connectivity index (χ1) is 6.13. The Kier molecular flexibility index (Phi) is 3.26. The number of nitrogens with zero attached hydrogens (tertiary/aromatic N) is 1. The second kappa shape index (κ2) is 4.24. The average Bonchev–Trinajstić information content (AvgIpc) is 2.09. The van der Waals surface area contributed by atoms with E-state index in [2.05, 4.69) is 15.9 Å². The van der Waals surface area contributed by atoms with Gasteiger partial charge in [0.15, 0.2) is 17.7 Å². The van der Waals surface area contributed by atoms with Gasteiger partial charge in [-0.15, -0.1) is 0 Å². The zero-order chi connectivity index (χ0) is 9.84. The van der Waals surface area contributed by atoms with E-state index in [9.17, 15) is 4.39 Å². The van der Waals surface area contributed by atoms with Gasteiger partial charge in [0.1, 0.15) is 6.07 Å². The van der Waals surface area contributed by atoms with Gasteiger partial charge in [-0.2, -0.15) is 5.26 Å². The molecule has 13 heavy (non-hydrogen) atoms.